The third kappa shape index (κ3) is 4.22. The highest BCUT2D eigenvalue weighted by molar-refractivity contribution is 5.86. The van der Waals surface area contributed by atoms with E-state index in [1.807, 2.05) is 26.8 Å². The Bertz CT molecular complexity index is 641. The second-order valence-electron chi connectivity index (χ2n) is 6.25. The van der Waals surface area contributed by atoms with Gasteiger partial charge >= 0.3 is 6.09 Å². The lowest BCUT2D eigenvalue weighted by Crippen LogP contribution is -2.33. The van der Waals surface area contributed by atoms with E-state index < -0.39 is 5.60 Å². The van der Waals surface area contributed by atoms with Gasteiger partial charge in [-0.25, -0.2) is 4.79 Å². The first-order valence-electron chi connectivity index (χ1n) is 7.31. The van der Waals surface area contributed by atoms with Crippen molar-refractivity contribution in [1.29, 1.82) is 0 Å². The van der Waals surface area contributed by atoms with Crippen LogP contribution < -0.4 is 5.32 Å². The maximum absolute atomic E-state index is 11.6. The van der Waals surface area contributed by atoms with Gasteiger partial charge in [-0.1, -0.05) is 36.4 Å². The minimum Gasteiger partial charge on any atom is -0.444 e. The summed E-state index contributed by atoms with van der Waals surface area (Å²) >= 11 is 0. The molecule has 0 spiro atoms. The zero-order valence-corrected chi connectivity index (χ0v) is 13.2. The molecular weight excluding hydrogens is 262 g/mol. The summed E-state index contributed by atoms with van der Waals surface area (Å²) in [6.45, 7) is 8.29. The van der Waals surface area contributed by atoms with E-state index in [1.54, 1.807) is 0 Å². The van der Waals surface area contributed by atoms with Gasteiger partial charge in [-0.2, -0.15) is 0 Å². The minimum absolute atomic E-state index is 0.360. The largest absolute Gasteiger partial charge is 0.444 e. The van der Waals surface area contributed by atoms with Gasteiger partial charge in [-0.05, 0) is 56.0 Å². The molecule has 0 saturated heterocycles. The molecule has 2 aromatic rings. The normalized spacial score (nSPS) is 11.4. The zero-order valence-electron chi connectivity index (χ0n) is 13.2. The molecule has 21 heavy (non-hydrogen) atoms. The van der Waals surface area contributed by atoms with Gasteiger partial charge in [-0.15, -0.1) is 0 Å². The summed E-state index contributed by atoms with van der Waals surface area (Å²) in [6, 6.07) is 12.6. The third-order valence-electron chi connectivity index (χ3n) is 3.37. The van der Waals surface area contributed by atoms with E-state index in [0.717, 1.165) is 6.42 Å². The Kier molecular flexibility index (Phi) is 4.51. The van der Waals surface area contributed by atoms with Gasteiger partial charge in [0.1, 0.15) is 5.60 Å². The Morgan fingerprint density at radius 1 is 1.14 bits per heavy atom. The number of carbonyl (C=O) groups is 1. The third-order valence-corrected chi connectivity index (χ3v) is 3.37. The SMILES string of the molecule is Cc1c(CCNC(=O)OC(C)(C)C)ccc2ccccc12. The smallest absolute Gasteiger partial charge is 0.407 e. The van der Waals surface area contributed by atoms with Crippen molar-refractivity contribution >= 4 is 16.9 Å². The number of fused-ring (bicyclic) bond motifs is 1. The van der Waals surface area contributed by atoms with Gasteiger partial charge in [0.05, 0.1) is 0 Å². The molecule has 3 heteroatoms. The van der Waals surface area contributed by atoms with E-state index in [2.05, 4.69) is 42.6 Å². The molecule has 0 bridgehead atoms. The summed E-state index contributed by atoms with van der Waals surface area (Å²) in [5, 5.41) is 5.32. The highest BCUT2D eigenvalue weighted by Gasteiger charge is 2.15. The molecule has 0 aliphatic carbocycles. The van der Waals surface area contributed by atoms with E-state index in [4.69, 9.17) is 4.74 Å². The molecule has 1 N–H and O–H groups in total. The summed E-state index contributed by atoms with van der Waals surface area (Å²) in [6.07, 6.45) is 0.441. The van der Waals surface area contributed by atoms with E-state index >= 15 is 0 Å². The molecule has 0 unspecified atom stereocenters. The lowest BCUT2D eigenvalue weighted by molar-refractivity contribution is 0.0528. The molecule has 0 aliphatic rings. The highest BCUT2D eigenvalue weighted by atomic mass is 16.6. The monoisotopic (exact) mass is 285 g/mol. The molecule has 0 heterocycles. The first-order valence-corrected chi connectivity index (χ1v) is 7.31. The number of nitrogens with one attached hydrogen (secondary N) is 1. The number of alkyl carbamates (subject to hydrolysis) is 1. The van der Waals surface area contributed by atoms with Crippen molar-refractivity contribution in [3.63, 3.8) is 0 Å². The van der Waals surface area contributed by atoms with Gasteiger partial charge in [0.15, 0.2) is 0 Å². The molecule has 0 aliphatic heterocycles. The van der Waals surface area contributed by atoms with E-state index in [1.165, 1.54) is 21.9 Å². The van der Waals surface area contributed by atoms with Gasteiger partial charge in [0, 0.05) is 6.54 Å². The maximum Gasteiger partial charge on any atom is 0.407 e. The van der Waals surface area contributed by atoms with Crippen LogP contribution in [0.4, 0.5) is 4.79 Å². The van der Waals surface area contributed by atoms with E-state index in [0.29, 0.717) is 6.54 Å². The number of amides is 1. The number of ether oxygens (including phenoxy) is 1. The number of aryl methyl sites for hydroxylation is 1. The van der Waals surface area contributed by atoms with Crippen LogP contribution in [0.1, 0.15) is 31.9 Å². The fraction of sp³-hybridized carbons (Fsp3) is 0.389. The quantitative estimate of drug-likeness (QED) is 0.917. The minimum atomic E-state index is -0.455. The van der Waals surface area contributed by atoms with Crippen molar-refractivity contribution in [3.8, 4) is 0 Å². The maximum atomic E-state index is 11.6. The topological polar surface area (TPSA) is 38.3 Å². The highest BCUT2D eigenvalue weighted by Crippen LogP contribution is 2.21. The van der Waals surface area contributed by atoms with Crippen molar-refractivity contribution in [3.05, 3.63) is 47.5 Å². The lowest BCUT2D eigenvalue weighted by atomic mass is 9.98. The Balaban J connectivity index is 1.98. The van der Waals surface area contributed by atoms with Crippen molar-refractivity contribution in [2.75, 3.05) is 6.54 Å². The predicted molar refractivity (Wildman–Crippen MR) is 86.6 cm³/mol. The van der Waals surface area contributed by atoms with E-state index in [9.17, 15) is 4.79 Å². The van der Waals surface area contributed by atoms with Crippen LogP contribution in [-0.4, -0.2) is 18.2 Å². The first-order chi connectivity index (χ1) is 9.87. The van der Waals surface area contributed by atoms with Crippen LogP contribution in [0.2, 0.25) is 0 Å². The van der Waals surface area contributed by atoms with Crippen LogP contribution >= 0.6 is 0 Å². The van der Waals surface area contributed by atoms with Crippen LogP contribution in [0.15, 0.2) is 36.4 Å². The summed E-state index contributed by atoms with van der Waals surface area (Å²) < 4.78 is 5.23. The van der Waals surface area contributed by atoms with Crippen LogP contribution in [-0.2, 0) is 11.2 Å². The Morgan fingerprint density at radius 3 is 2.57 bits per heavy atom. The van der Waals surface area contributed by atoms with Crippen molar-refractivity contribution in [1.82, 2.24) is 5.32 Å². The number of benzene rings is 2. The molecule has 2 aromatic carbocycles. The molecular formula is C18H23NO2. The fourth-order valence-corrected chi connectivity index (χ4v) is 2.36. The summed E-state index contributed by atoms with van der Waals surface area (Å²) in [5.41, 5.74) is 2.08. The molecule has 112 valence electrons. The van der Waals surface area contributed by atoms with Crippen molar-refractivity contribution in [2.45, 2.75) is 39.7 Å². The van der Waals surface area contributed by atoms with Crippen molar-refractivity contribution in [2.24, 2.45) is 0 Å². The van der Waals surface area contributed by atoms with Crippen LogP contribution in [0, 0.1) is 6.92 Å². The zero-order chi connectivity index (χ0) is 15.5. The Labute approximate surface area is 126 Å². The number of carbonyl (C=O) groups excluding carboxylic acids is 1. The molecule has 0 fully saturated rings. The molecule has 0 aromatic heterocycles. The van der Waals surface area contributed by atoms with Gasteiger partial charge in [0.25, 0.3) is 0 Å². The molecule has 1 amide bonds. The molecule has 0 atom stereocenters. The molecule has 0 saturated carbocycles. The van der Waals surface area contributed by atoms with Gasteiger partial charge < -0.3 is 10.1 Å². The molecule has 0 radical (unpaired) electrons. The molecule has 3 nitrogen and oxygen atoms in total. The average Bonchev–Trinajstić information content (AvgIpc) is 2.40. The number of hydrogen-bond acceptors (Lipinski definition) is 2. The fourth-order valence-electron chi connectivity index (χ4n) is 2.36. The summed E-state index contributed by atoms with van der Waals surface area (Å²) in [7, 11) is 0. The predicted octanol–water partition coefficient (Wildman–Crippen LogP) is 4.22. The van der Waals surface area contributed by atoms with Crippen molar-refractivity contribution < 1.29 is 9.53 Å². The summed E-state index contributed by atoms with van der Waals surface area (Å²) in [4.78, 5) is 11.6. The van der Waals surface area contributed by atoms with Gasteiger partial charge in [-0.3, -0.25) is 0 Å². The Morgan fingerprint density at radius 2 is 1.86 bits per heavy atom. The van der Waals surface area contributed by atoms with Gasteiger partial charge in [0.2, 0.25) is 0 Å². The lowest BCUT2D eigenvalue weighted by Gasteiger charge is -2.19. The van der Waals surface area contributed by atoms with Crippen LogP contribution in [0.5, 0.6) is 0 Å². The second kappa shape index (κ2) is 6.17. The summed E-state index contributed by atoms with van der Waals surface area (Å²) in [5.74, 6) is 0. The number of rotatable bonds is 3. The molecule has 2 rings (SSSR count). The average molecular weight is 285 g/mol. The number of hydrogen-bond donors (Lipinski definition) is 1. The van der Waals surface area contributed by atoms with E-state index in [-0.39, 0.29) is 6.09 Å². The van der Waals surface area contributed by atoms with Crippen LogP contribution in [0.25, 0.3) is 10.8 Å². The first kappa shape index (κ1) is 15.4. The Hall–Kier alpha value is -2.03. The van der Waals surface area contributed by atoms with Crippen LogP contribution in [0.3, 0.4) is 0 Å². The second-order valence-corrected chi connectivity index (χ2v) is 6.25. The standard InChI is InChI=1S/C18H23NO2/c1-13-14(9-10-15-7-5-6-8-16(13)15)11-12-19-17(20)21-18(2,3)4/h5-10H,11-12H2,1-4H3,(H,19,20).